The zero-order chi connectivity index (χ0) is 17.5. The van der Waals surface area contributed by atoms with Crippen LogP contribution in [0.2, 0.25) is 0 Å². The summed E-state index contributed by atoms with van der Waals surface area (Å²) in [6, 6.07) is 17.6. The minimum Gasteiger partial charge on any atom is -0.445 e. The van der Waals surface area contributed by atoms with Gasteiger partial charge < -0.3 is 15.4 Å². The van der Waals surface area contributed by atoms with Crippen LogP contribution in [0.5, 0.6) is 0 Å². The number of alkyl carbamates (subject to hydrolysis) is 1. The van der Waals surface area contributed by atoms with Gasteiger partial charge in [0.05, 0.1) is 0 Å². The molecule has 3 rings (SSSR count). The Morgan fingerprint density at radius 3 is 2.56 bits per heavy atom. The molecule has 2 aromatic carbocycles. The molecule has 1 heterocycles. The van der Waals surface area contributed by atoms with E-state index in [1.54, 1.807) is 0 Å². The van der Waals surface area contributed by atoms with Crippen LogP contribution in [0.1, 0.15) is 29.5 Å². The summed E-state index contributed by atoms with van der Waals surface area (Å²) < 4.78 is 5.33. The lowest BCUT2D eigenvalue weighted by atomic mass is 10.0. The van der Waals surface area contributed by atoms with Gasteiger partial charge in [-0.05, 0) is 36.0 Å². The Morgan fingerprint density at radius 2 is 1.80 bits per heavy atom. The summed E-state index contributed by atoms with van der Waals surface area (Å²) in [4.78, 5) is 23.7. The van der Waals surface area contributed by atoms with Crippen molar-refractivity contribution in [2.45, 2.75) is 31.9 Å². The molecule has 0 spiro atoms. The number of nitrogens with one attached hydrogen (secondary N) is 2. The molecule has 2 amide bonds. The third-order valence-electron chi connectivity index (χ3n) is 4.29. The number of ether oxygens (including phenoxy) is 1. The molecular formula is C20H22N2O3. The van der Waals surface area contributed by atoms with E-state index in [0.717, 1.165) is 24.0 Å². The van der Waals surface area contributed by atoms with Crippen molar-refractivity contribution in [3.63, 3.8) is 0 Å². The Hall–Kier alpha value is -2.82. The zero-order valence-corrected chi connectivity index (χ0v) is 14.0. The van der Waals surface area contributed by atoms with Crippen LogP contribution in [0.4, 0.5) is 4.79 Å². The van der Waals surface area contributed by atoms with Crippen LogP contribution < -0.4 is 10.6 Å². The van der Waals surface area contributed by atoms with Gasteiger partial charge in [0, 0.05) is 6.54 Å². The van der Waals surface area contributed by atoms with E-state index in [1.807, 2.05) is 42.5 Å². The number of benzene rings is 2. The van der Waals surface area contributed by atoms with Crippen LogP contribution in [0.3, 0.4) is 0 Å². The third kappa shape index (κ3) is 4.83. The topological polar surface area (TPSA) is 67.4 Å². The maximum Gasteiger partial charge on any atom is 0.408 e. The molecule has 2 aromatic rings. The van der Waals surface area contributed by atoms with E-state index in [0.29, 0.717) is 13.0 Å². The number of hydrogen-bond donors (Lipinski definition) is 2. The fourth-order valence-electron chi connectivity index (χ4n) is 2.92. The van der Waals surface area contributed by atoms with Crippen molar-refractivity contribution >= 4 is 12.0 Å². The molecule has 2 N–H and O–H groups in total. The van der Waals surface area contributed by atoms with Gasteiger partial charge in [0.1, 0.15) is 12.6 Å². The second-order valence-electron chi connectivity index (χ2n) is 6.14. The SMILES string of the molecule is O=C(N[C@H]1CCCNC1=O)OCc1ccccc1Cc1ccccc1. The molecule has 0 aliphatic carbocycles. The van der Waals surface area contributed by atoms with Gasteiger partial charge in [-0.15, -0.1) is 0 Å². The van der Waals surface area contributed by atoms with E-state index in [9.17, 15) is 9.59 Å². The van der Waals surface area contributed by atoms with Crippen molar-refractivity contribution in [2.75, 3.05) is 6.54 Å². The van der Waals surface area contributed by atoms with Crippen LogP contribution in [0.25, 0.3) is 0 Å². The molecule has 1 atom stereocenters. The number of rotatable bonds is 5. The molecule has 1 aliphatic rings. The van der Waals surface area contributed by atoms with Crippen LogP contribution >= 0.6 is 0 Å². The summed E-state index contributed by atoms with van der Waals surface area (Å²) >= 11 is 0. The minimum atomic E-state index is -0.559. The first-order valence-corrected chi connectivity index (χ1v) is 8.54. The molecule has 5 nitrogen and oxygen atoms in total. The molecule has 0 saturated carbocycles. The zero-order valence-electron chi connectivity index (χ0n) is 14.0. The highest BCUT2D eigenvalue weighted by Crippen LogP contribution is 2.15. The Kier molecular flexibility index (Phi) is 5.67. The summed E-state index contributed by atoms with van der Waals surface area (Å²) in [5, 5.41) is 5.37. The van der Waals surface area contributed by atoms with Crippen molar-refractivity contribution in [3.05, 3.63) is 71.3 Å². The first-order chi connectivity index (χ1) is 12.2. The van der Waals surface area contributed by atoms with Gasteiger partial charge in [-0.2, -0.15) is 0 Å². The normalized spacial score (nSPS) is 16.8. The Morgan fingerprint density at radius 1 is 1.08 bits per heavy atom. The molecule has 0 bridgehead atoms. The molecule has 25 heavy (non-hydrogen) atoms. The first kappa shape index (κ1) is 17.0. The van der Waals surface area contributed by atoms with E-state index in [-0.39, 0.29) is 12.5 Å². The van der Waals surface area contributed by atoms with Crippen LogP contribution in [-0.2, 0) is 22.6 Å². The maximum atomic E-state index is 12.0. The molecule has 0 radical (unpaired) electrons. The molecule has 0 unspecified atom stereocenters. The van der Waals surface area contributed by atoms with Crippen LogP contribution in [-0.4, -0.2) is 24.6 Å². The molecule has 5 heteroatoms. The van der Waals surface area contributed by atoms with E-state index in [4.69, 9.17) is 4.74 Å². The summed E-state index contributed by atoms with van der Waals surface area (Å²) in [6.07, 6.45) is 1.73. The lowest BCUT2D eigenvalue weighted by molar-refractivity contribution is -0.124. The van der Waals surface area contributed by atoms with E-state index < -0.39 is 12.1 Å². The lowest BCUT2D eigenvalue weighted by Crippen LogP contribution is -2.50. The largest absolute Gasteiger partial charge is 0.445 e. The van der Waals surface area contributed by atoms with Gasteiger partial charge >= 0.3 is 6.09 Å². The second-order valence-corrected chi connectivity index (χ2v) is 6.14. The Balaban J connectivity index is 1.57. The fourth-order valence-corrected chi connectivity index (χ4v) is 2.92. The van der Waals surface area contributed by atoms with Gasteiger partial charge in [0.25, 0.3) is 0 Å². The lowest BCUT2D eigenvalue weighted by Gasteiger charge is -2.22. The summed E-state index contributed by atoms with van der Waals surface area (Å²) in [5.41, 5.74) is 3.30. The second kappa shape index (κ2) is 8.33. The van der Waals surface area contributed by atoms with Gasteiger partial charge in [0.2, 0.25) is 5.91 Å². The van der Waals surface area contributed by atoms with Crippen molar-refractivity contribution < 1.29 is 14.3 Å². The van der Waals surface area contributed by atoms with Gasteiger partial charge in [-0.25, -0.2) is 4.79 Å². The Bertz CT molecular complexity index is 731. The van der Waals surface area contributed by atoms with Crippen LogP contribution in [0, 0.1) is 0 Å². The van der Waals surface area contributed by atoms with Gasteiger partial charge in [-0.1, -0.05) is 54.6 Å². The number of carbonyl (C=O) groups is 2. The van der Waals surface area contributed by atoms with Gasteiger partial charge in [0.15, 0.2) is 0 Å². The number of carbonyl (C=O) groups excluding carboxylic acids is 2. The predicted molar refractivity (Wildman–Crippen MR) is 95.0 cm³/mol. The summed E-state index contributed by atoms with van der Waals surface area (Å²) in [6.45, 7) is 0.849. The number of hydrogen-bond acceptors (Lipinski definition) is 3. The van der Waals surface area contributed by atoms with Crippen molar-refractivity contribution in [3.8, 4) is 0 Å². The smallest absolute Gasteiger partial charge is 0.408 e. The minimum absolute atomic E-state index is 0.146. The quantitative estimate of drug-likeness (QED) is 0.881. The van der Waals surface area contributed by atoms with Crippen molar-refractivity contribution in [1.82, 2.24) is 10.6 Å². The monoisotopic (exact) mass is 338 g/mol. The molecule has 0 aromatic heterocycles. The van der Waals surface area contributed by atoms with Gasteiger partial charge in [-0.3, -0.25) is 4.79 Å². The van der Waals surface area contributed by atoms with E-state index in [1.165, 1.54) is 5.56 Å². The van der Waals surface area contributed by atoms with E-state index in [2.05, 4.69) is 22.8 Å². The average Bonchev–Trinajstić information content (AvgIpc) is 2.64. The molecule has 130 valence electrons. The first-order valence-electron chi connectivity index (χ1n) is 8.54. The maximum absolute atomic E-state index is 12.0. The van der Waals surface area contributed by atoms with Crippen molar-refractivity contribution in [2.24, 2.45) is 0 Å². The van der Waals surface area contributed by atoms with E-state index >= 15 is 0 Å². The van der Waals surface area contributed by atoms with Crippen LogP contribution in [0.15, 0.2) is 54.6 Å². The Labute approximate surface area is 147 Å². The number of amides is 2. The molecule has 1 saturated heterocycles. The highest BCUT2D eigenvalue weighted by molar-refractivity contribution is 5.86. The molecule has 1 aliphatic heterocycles. The standard InChI is InChI=1S/C20H22N2O3/c23-19-18(11-6-12-21-19)22-20(24)25-14-17-10-5-4-9-16(17)13-15-7-2-1-3-8-15/h1-5,7-10,18H,6,11-14H2,(H,21,23)(H,22,24)/t18-/m0/s1. The highest BCUT2D eigenvalue weighted by atomic mass is 16.5. The summed E-state index contributed by atoms with van der Waals surface area (Å²) in [5.74, 6) is -0.146. The predicted octanol–water partition coefficient (Wildman–Crippen LogP) is 2.78. The average molecular weight is 338 g/mol. The highest BCUT2D eigenvalue weighted by Gasteiger charge is 2.24. The third-order valence-corrected chi connectivity index (χ3v) is 4.29. The number of piperidine rings is 1. The fraction of sp³-hybridized carbons (Fsp3) is 0.300. The van der Waals surface area contributed by atoms with Crippen molar-refractivity contribution in [1.29, 1.82) is 0 Å². The molecular weight excluding hydrogens is 316 g/mol. The molecule has 1 fully saturated rings. The summed E-state index contributed by atoms with van der Waals surface area (Å²) in [7, 11) is 0.